The molecule has 9 atom stereocenters. The molecule has 3 aliphatic rings. The second-order valence-corrected chi connectivity index (χ2v) is 8.85. The molecule has 7 nitrogen and oxygen atoms in total. The summed E-state index contributed by atoms with van der Waals surface area (Å²) >= 11 is 11.8. The molecule has 1 aliphatic heterocycles. The lowest BCUT2D eigenvalue weighted by Crippen LogP contribution is -2.52. The maximum absolute atomic E-state index is 12.3. The number of aliphatic hydroxyl groups excluding tert-OH is 2. The zero-order valence-corrected chi connectivity index (χ0v) is 16.9. The summed E-state index contributed by atoms with van der Waals surface area (Å²) in [5, 5.41) is 30.5. The minimum Gasteiger partial charge on any atom is -0.459 e. The molecule has 0 spiro atoms. The molecule has 0 aromatic heterocycles. The van der Waals surface area contributed by atoms with E-state index in [1.165, 1.54) is 6.92 Å². The van der Waals surface area contributed by atoms with Crippen LogP contribution in [0.5, 0.6) is 0 Å². The van der Waals surface area contributed by atoms with Crippen molar-refractivity contribution in [3.8, 4) is 0 Å². The molecule has 0 radical (unpaired) electrons. The van der Waals surface area contributed by atoms with Gasteiger partial charge in [-0.2, -0.15) is 0 Å². The van der Waals surface area contributed by atoms with Crippen LogP contribution < -0.4 is 0 Å². The minimum atomic E-state index is -1.69. The third-order valence-electron chi connectivity index (χ3n) is 6.23. The number of aliphatic hydroxyl groups is 3. The van der Waals surface area contributed by atoms with Crippen molar-refractivity contribution in [1.82, 2.24) is 0 Å². The maximum Gasteiger partial charge on any atom is 0.336 e. The van der Waals surface area contributed by atoms with Crippen molar-refractivity contribution in [2.75, 3.05) is 5.88 Å². The van der Waals surface area contributed by atoms with Crippen molar-refractivity contribution in [3.63, 3.8) is 0 Å². The Kier molecular flexibility index (Phi) is 5.87. The van der Waals surface area contributed by atoms with Gasteiger partial charge in [0.05, 0.1) is 23.3 Å². The van der Waals surface area contributed by atoms with Crippen LogP contribution in [0.25, 0.3) is 0 Å². The van der Waals surface area contributed by atoms with Gasteiger partial charge < -0.3 is 24.8 Å². The number of esters is 2. The Morgan fingerprint density at radius 3 is 2.68 bits per heavy atom. The predicted molar refractivity (Wildman–Crippen MR) is 101 cm³/mol. The van der Waals surface area contributed by atoms with E-state index < -0.39 is 59.2 Å². The van der Waals surface area contributed by atoms with Crippen LogP contribution in [0.4, 0.5) is 0 Å². The van der Waals surface area contributed by atoms with E-state index in [0.717, 1.165) is 0 Å². The second kappa shape index (κ2) is 7.61. The Morgan fingerprint density at radius 2 is 2.11 bits per heavy atom. The van der Waals surface area contributed by atoms with Gasteiger partial charge in [-0.25, -0.2) is 9.59 Å². The Balaban J connectivity index is 1.99. The van der Waals surface area contributed by atoms with Gasteiger partial charge in [0.2, 0.25) is 0 Å². The fraction of sp³-hybridized carbons (Fsp3) is 0.684. The molecule has 2 saturated carbocycles. The number of carbonyl (C=O) groups is 2. The van der Waals surface area contributed by atoms with E-state index >= 15 is 0 Å². The first kappa shape index (κ1) is 21.6. The lowest BCUT2D eigenvalue weighted by atomic mass is 9.76. The summed E-state index contributed by atoms with van der Waals surface area (Å²) < 4.78 is 11.0. The minimum absolute atomic E-state index is 0.1000. The van der Waals surface area contributed by atoms with Crippen molar-refractivity contribution >= 4 is 35.1 Å². The molecule has 0 unspecified atom stereocenters. The third kappa shape index (κ3) is 3.27. The van der Waals surface area contributed by atoms with E-state index in [2.05, 4.69) is 13.2 Å². The normalized spacial score (nSPS) is 42.3. The molecule has 1 heterocycles. The molecule has 3 rings (SSSR count). The van der Waals surface area contributed by atoms with Crippen molar-refractivity contribution in [2.45, 2.75) is 55.2 Å². The van der Waals surface area contributed by atoms with Gasteiger partial charge in [-0.1, -0.05) is 18.7 Å². The standard InChI is InChI=1S/C19H24Cl2O7/c1-7-4-11(27-18(25)15(23)9(3)21)13-8(2)17(24)28-16(13)14-10(7)5-12(22)19(14,26)6-20/h9-16,22-23,26H,1-2,4-6H2,3H3/t9-,10-,11-,12-,13+,14-,15+,16-,19+/m0/s1. The van der Waals surface area contributed by atoms with Crippen LogP contribution in [-0.4, -0.2) is 68.5 Å². The molecular weight excluding hydrogens is 411 g/mol. The van der Waals surface area contributed by atoms with Gasteiger partial charge in [-0.3, -0.25) is 0 Å². The first-order chi connectivity index (χ1) is 13.0. The summed E-state index contributed by atoms with van der Waals surface area (Å²) in [7, 11) is 0. The van der Waals surface area contributed by atoms with Gasteiger partial charge in [-0.05, 0) is 19.3 Å². The summed E-state index contributed by atoms with van der Waals surface area (Å²) in [5.41, 5.74) is -0.955. The lowest BCUT2D eigenvalue weighted by Gasteiger charge is -2.37. The largest absolute Gasteiger partial charge is 0.459 e. The Bertz CT molecular complexity index is 708. The summed E-state index contributed by atoms with van der Waals surface area (Å²) in [6.07, 6.45) is -4.06. The number of rotatable bonds is 4. The van der Waals surface area contributed by atoms with E-state index in [1.807, 2.05) is 0 Å². The van der Waals surface area contributed by atoms with Crippen LogP contribution in [-0.2, 0) is 19.1 Å². The average Bonchev–Trinajstić information content (AvgIpc) is 3.03. The van der Waals surface area contributed by atoms with Crippen molar-refractivity contribution < 1.29 is 34.4 Å². The van der Waals surface area contributed by atoms with Crippen LogP contribution in [0, 0.1) is 17.8 Å². The topological polar surface area (TPSA) is 113 Å². The quantitative estimate of drug-likeness (QED) is 0.260. The molecule has 0 bridgehead atoms. The number of hydrogen-bond acceptors (Lipinski definition) is 7. The van der Waals surface area contributed by atoms with Gasteiger partial charge in [0, 0.05) is 17.9 Å². The highest BCUT2D eigenvalue weighted by Gasteiger charge is 2.64. The summed E-state index contributed by atoms with van der Waals surface area (Å²) in [5.74, 6) is -3.71. The SMILES string of the molecule is C=C1C(=O)O[C@H]2[C@H]1[C@@H](OC(=O)[C@H](O)[C@H](C)Cl)CC(=C)[C@@H]1C[C@H](O)[C@](O)(CCl)[C@H]21. The van der Waals surface area contributed by atoms with Gasteiger partial charge >= 0.3 is 11.9 Å². The highest BCUT2D eigenvalue weighted by Crippen LogP contribution is 2.55. The molecule has 156 valence electrons. The van der Waals surface area contributed by atoms with Crippen molar-refractivity contribution in [2.24, 2.45) is 17.8 Å². The number of hydrogen-bond donors (Lipinski definition) is 3. The number of carbonyl (C=O) groups excluding carboxylic acids is 2. The first-order valence-electron chi connectivity index (χ1n) is 9.09. The average molecular weight is 435 g/mol. The van der Waals surface area contributed by atoms with Crippen LogP contribution in [0.2, 0.25) is 0 Å². The van der Waals surface area contributed by atoms with Crippen LogP contribution >= 0.6 is 23.2 Å². The van der Waals surface area contributed by atoms with E-state index in [-0.39, 0.29) is 30.2 Å². The molecule has 3 N–H and O–H groups in total. The summed E-state index contributed by atoms with van der Waals surface area (Å²) in [4.78, 5) is 24.5. The third-order valence-corrected chi connectivity index (χ3v) is 6.89. The maximum atomic E-state index is 12.3. The van der Waals surface area contributed by atoms with Crippen molar-refractivity contribution in [3.05, 3.63) is 24.3 Å². The number of ether oxygens (including phenoxy) is 2. The summed E-state index contributed by atoms with van der Waals surface area (Å²) in [6, 6.07) is 0. The first-order valence-corrected chi connectivity index (χ1v) is 10.1. The van der Waals surface area contributed by atoms with E-state index in [1.54, 1.807) is 0 Å². The second-order valence-electron chi connectivity index (χ2n) is 7.89. The molecular formula is C19H24Cl2O7. The molecule has 0 aromatic carbocycles. The van der Waals surface area contributed by atoms with Gasteiger partial charge in [-0.15, -0.1) is 23.2 Å². The number of fused-ring (bicyclic) bond motifs is 3. The summed E-state index contributed by atoms with van der Waals surface area (Å²) in [6.45, 7) is 9.27. The molecule has 2 aliphatic carbocycles. The molecule has 28 heavy (non-hydrogen) atoms. The van der Waals surface area contributed by atoms with Crippen LogP contribution in [0.3, 0.4) is 0 Å². The van der Waals surface area contributed by atoms with Gasteiger partial charge in [0.1, 0.15) is 17.8 Å². The number of alkyl halides is 2. The Hall–Kier alpha value is -1.12. The molecule has 0 aromatic rings. The predicted octanol–water partition coefficient (Wildman–Crippen LogP) is 0.911. The van der Waals surface area contributed by atoms with Crippen LogP contribution in [0.15, 0.2) is 24.3 Å². The van der Waals surface area contributed by atoms with Gasteiger partial charge in [0.15, 0.2) is 6.10 Å². The van der Waals surface area contributed by atoms with E-state index in [4.69, 9.17) is 32.7 Å². The lowest BCUT2D eigenvalue weighted by molar-refractivity contribution is -0.164. The molecule has 9 heteroatoms. The van der Waals surface area contributed by atoms with Crippen LogP contribution in [0.1, 0.15) is 19.8 Å². The highest BCUT2D eigenvalue weighted by molar-refractivity contribution is 6.22. The molecule has 1 saturated heterocycles. The fourth-order valence-corrected chi connectivity index (χ4v) is 5.13. The van der Waals surface area contributed by atoms with E-state index in [0.29, 0.717) is 5.57 Å². The fourth-order valence-electron chi connectivity index (χ4n) is 4.67. The highest BCUT2D eigenvalue weighted by atomic mass is 35.5. The Morgan fingerprint density at radius 1 is 1.46 bits per heavy atom. The van der Waals surface area contributed by atoms with Gasteiger partial charge in [0.25, 0.3) is 0 Å². The smallest absolute Gasteiger partial charge is 0.336 e. The molecule has 3 fully saturated rings. The number of halogens is 2. The van der Waals surface area contributed by atoms with Crippen molar-refractivity contribution in [1.29, 1.82) is 0 Å². The Labute approximate surface area is 172 Å². The van der Waals surface area contributed by atoms with E-state index in [9.17, 15) is 24.9 Å². The zero-order valence-electron chi connectivity index (χ0n) is 15.4. The monoisotopic (exact) mass is 434 g/mol. The zero-order chi connectivity index (χ0) is 21.0. The molecule has 0 amide bonds.